The lowest BCUT2D eigenvalue weighted by Crippen LogP contribution is -2.49. The molecule has 1 atom stereocenters. The second-order valence-corrected chi connectivity index (χ2v) is 8.95. The van der Waals surface area contributed by atoms with Gasteiger partial charge in [0.05, 0.1) is 20.5 Å². The Hall–Kier alpha value is -2.58. The number of hydrogen-bond acceptors (Lipinski definition) is 5. The summed E-state index contributed by atoms with van der Waals surface area (Å²) in [4.78, 5) is 12.8. The van der Waals surface area contributed by atoms with Crippen molar-refractivity contribution in [1.82, 2.24) is 4.31 Å². The quantitative estimate of drug-likeness (QED) is 0.779. The summed E-state index contributed by atoms with van der Waals surface area (Å²) in [6.07, 6.45) is 3.25. The third kappa shape index (κ3) is 4.89. The van der Waals surface area contributed by atoms with Crippen molar-refractivity contribution in [2.75, 3.05) is 32.3 Å². The largest absolute Gasteiger partial charge is 0.497 e. The molecule has 1 aliphatic rings. The highest BCUT2D eigenvalue weighted by Crippen LogP contribution is 2.34. The van der Waals surface area contributed by atoms with E-state index in [0.717, 1.165) is 36.0 Å². The zero-order valence-electron chi connectivity index (χ0n) is 16.8. The van der Waals surface area contributed by atoms with Crippen LogP contribution in [0, 0.1) is 0 Å². The fraction of sp³-hybridized carbons (Fsp3) is 0.381. The molecule has 2 aromatic rings. The number of piperidine rings is 1. The molecule has 8 heteroatoms. The Labute approximate surface area is 171 Å². The summed E-state index contributed by atoms with van der Waals surface area (Å²) in [5.41, 5.74) is 2.31. The number of methoxy groups -OCH3 is 2. The monoisotopic (exact) mass is 418 g/mol. The van der Waals surface area contributed by atoms with Gasteiger partial charge in [-0.25, -0.2) is 8.42 Å². The van der Waals surface area contributed by atoms with E-state index in [-0.39, 0.29) is 5.91 Å². The minimum Gasteiger partial charge on any atom is -0.497 e. The molecule has 0 bridgehead atoms. The number of sulfonamides is 1. The number of carbonyl (C=O) groups is 1. The fourth-order valence-electron chi connectivity index (χ4n) is 3.57. The van der Waals surface area contributed by atoms with Crippen molar-refractivity contribution < 1.29 is 22.7 Å². The number of hydrogen-bond donors (Lipinski definition) is 1. The average Bonchev–Trinajstić information content (AvgIpc) is 2.73. The lowest BCUT2D eigenvalue weighted by atomic mass is 10.0. The summed E-state index contributed by atoms with van der Waals surface area (Å²) < 4.78 is 36.1. The van der Waals surface area contributed by atoms with Crippen LogP contribution in [0.25, 0.3) is 11.1 Å². The first kappa shape index (κ1) is 21.1. The molecule has 7 nitrogen and oxygen atoms in total. The van der Waals surface area contributed by atoms with Crippen LogP contribution in [-0.2, 0) is 14.8 Å². The molecule has 0 radical (unpaired) electrons. The van der Waals surface area contributed by atoms with Gasteiger partial charge in [0.1, 0.15) is 17.5 Å². The van der Waals surface area contributed by atoms with E-state index in [1.54, 1.807) is 26.4 Å². The Morgan fingerprint density at radius 1 is 1.07 bits per heavy atom. The molecule has 0 saturated carbocycles. The molecule has 2 aromatic carbocycles. The highest BCUT2D eigenvalue weighted by molar-refractivity contribution is 7.88. The first-order valence-corrected chi connectivity index (χ1v) is 11.3. The van der Waals surface area contributed by atoms with Crippen LogP contribution >= 0.6 is 0 Å². The fourth-order valence-corrected chi connectivity index (χ4v) is 4.70. The minimum atomic E-state index is -3.44. The highest BCUT2D eigenvalue weighted by Gasteiger charge is 2.34. The minimum absolute atomic E-state index is 0.319. The van der Waals surface area contributed by atoms with Gasteiger partial charge in [-0.3, -0.25) is 4.79 Å². The summed E-state index contributed by atoms with van der Waals surface area (Å²) >= 11 is 0. The van der Waals surface area contributed by atoms with Crippen molar-refractivity contribution in [2.24, 2.45) is 0 Å². The Bertz CT molecular complexity index is 973. The summed E-state index contributed by atoms with van der Waals surface area (Å²) in [6, 6.07) is 12.2. The predicted octanol–water partition coefficient (Wildman–Crippen LogP) is 3.12. The molecular weight excluding hydrogens is 392 g/mol. The zero-order chi connectivity index (χ0) is 21.0. The average molecular weight is 419 g/mol. The van der Waals surface area contributed by atoms with Crippen LogP contribution in [0.2, 0.25) is 0 Å². The van der Waals surface area contributed by atoms with Gasteiger partial charge in [-0.05, 0) is 48.7 Å². The maximum Gasteiger partial charge on any atom is 0.242 e. The van der Waals surface area contributed by atoms with Gasteiger partial charge in [-0.1, -0.05) is 18.6 Å². The van der Waals surface area contributed by atoms with Crippen molar-refractivity contribution in [3.8, 4) is 22.6 Å². The van der Waals surface area contributed by atoms with Gasteiger partial charge in [-0.15, -0.1) is 0 Å². The number of benzene rings is 2. The number of nitrogens with zero attached hydrogens (tertiary/aromatic N) is 1. The molecule has 1 fully saturated rings. The molecule has 1 amide bonds. The topological polar surface area (TPSA) is 84.9 Å². The molecular formula is C21H26N2O5S. The summed E-state index contributed by atoms with van der Waals surface area (Å²) in [5, 5.41) is 2.87. The third-order valence-electron chi connectivity index (χ3n) is 5.05. The molecule has 3 rings (SSSR count). The lowest BCUT2D eigenvalue weighted by Gasteiger charge is -2.32. The van der Waals surface area contributed by atoms with Gasteiger partial charge < -0.3 is 14.8 Å². The SMILES string of the molecule is COc1ccc(-c2cc(NC(=O)[C@H]3CCCCN3S(C)(=O)=O)ccc2OC)cc1. The maximum absolute atomic E-state index is 12.8. The maximum atomic E-state index is 12.8. The molecule has 1 saturated heterocycles. The highest BCUT2D eigenvalue weighted by atomic mass is 32.2. The number of nitrogens with one attached hydrogen (secondary N) is 1. The van der Waals surface area contributed by atoms with Crippen LogP contribution in [0.5, 0.6) is 11.5 Å². The number of anilines is 1. The number of amides is 1. The molecule has 0 unspecified atom stereocenters. The van der Waals surface area contributed by atoms with Crippen molar-refractivity contribution in [3.63, 3.8) is 0 Å². The predicted molar refractivity (Wildman–Crippen MR) is 113 cm³/mol. The van der Waals surface area contributed by atoms with Crippen LogP contribution in [-0.4, -0.2) is 51.7 Å². The molecule has 0 aromatic heterocycles. The van der Waals surface area contributed by atoms with Gasteiger partial charge in [0.25, 0.3) is 0 Å². The van der Waals surface area contributed by atoms with Crippen molar-refractivity contribution in [1.29, 1.82) is 0 Å². The smallest absolute Gasteiger partial charge is 0.242 e. The van der Waals surface area contributed by atoms with Gasteiger partial charge >= 0.3 is 0 Å². The summed E-state index contributed by atoms with van der Waals surface area (Å²) in [6.45, 7) is 0.372. The van der Waals surface area contributed by atoms with Gasteiger partial charge in [-0.2, -0.15) is 4.31 Å². The van der Waals surface area contributed by atoms with Gasteiger partial charge in [0, 0.05) is 17.8 Å². The van der Waals surface area contributed by atoms with E-state index in [4.69, 9.17) is 9.47 Å². The van der Waals surface area contributed by atoms with E-state index in [1.807, 2.05) is 30.3 Å². The van der Waals surface area contributed by atoms with Crippen LogP contribution in [0.1, 0.15) is 19.3 Å². The summed E-state index contributed by atoms with van der Waals surface area (Å²) in [7, 11) is -0.242. The van der Waals surface area contributed by atoms with Gasteiger partial charge in [0.15, 0.2) is 0 Å². The third-order valence-corrected chi connectivity index (χ3v) is 6.34. The van der Waals surface area contributed by atoms with E-state index in [1.165, 1.54) is 4.31 Å². The summed E-state index contributed by atoms with van der Waals surface area (Å²) in [5.74, 6) is 1.10. The van der Waals surface area contributed by atoms with E-state index in [0.29, 0.717) is 24.4 Å². The normalized spacial score (nSPS) is 17.6. The van der Waals surface area contributed by atoms with Crippen LogP contribution in [0.3, 0.4) is 0 Å². The number of rotatable bonds is 6. The first-order chi connectivity index (χ1) is 13.8. The first-order valence-electron chi connectivity index (χ1n) is 9.43. The van der Waals surface area contributed by atoms with E-state index in [2.05, 4.69) is 5.32 Å². The van der Waals surface area contributed by atoms with E-state index >= 15 is 0 Å². The van der Waals surface area contributed by atoms with Gasteiger partial charge in [0.2, 0.25) is 15.9 Å². The molecule has 29 heavy (non-hydrogen) atoms. The molecule has 1 N–H and O–H groups in total. The number of carbonyl (C=O) groups excluding carboxylic acids is 1. The Kier molecular flexibility index (Phi) is 6.44. The molecule has 156 valence electrons. The Morgan fingerprint density at radius 2 is 1.79 bits per heavy atom. The molecule has 1 heterocycles. The second kappa shape index (κ2) is 8.84. The zero-order valence-corrected chi connectivity index (χ0v) is 17.7. The van der Waals surface area contributed by atoms with Crippen molar-refractivity contribution >= 4 is 21.6 Å². The van der Waals surface area contributed by atoms with Crippen LogP contribution in [0.15, 0.2) is 42.5 Å². The Balaban J connectivity index is 1.86. The number of ether oxygens (including phenoxy) is 2. The van der Waals surface area contributed by atoms with Crippen molar-refractivity contribution in [2.45, 2.75) is 25.3 Å². The molecule has 0 spiro atoms. The molecule has 0 aliphatic carbocycles. The van der Waals surface area contributed by atoms with Crippen molar-refractivity contribution in [3.05, 3.63) is 42.5 Å². The lowest BCUT2D eigenvalue weighted by molar-refractivity contribution is -0.120. The van der Waals surface area contributed by atoms with Crippen LogP contribution in [0.4, 0.5) is 5.69 Å². The standard InChI is InChI=1S/C21H26N2O5S/c1-27-17-10-7-15(8-11-17)18-14-16(9-12-20(18)28-2)22-21(24)19-6-4-5-13-23(19)29(3,25)26/h7-12,14,19H,4-6,13H2,1-3H3,(H,22,24)/t19-/m1/s1. The van der Waals surface area contributed by atoms with Crippen LogP contribution < -0.4 is 14.8 Å². The Morgan fingerprint density at radius 3 is 2.41 bits per heavy atom. The second-order valence-electron chi connectivity index (χ2n) is 7.02. The molecule has 1 aliphatic heterocycles. The van der Waals surface area contributed by atoms with E-state index < -0.39 is 16.1 Å². The van der Waals surface area contributed by atoms with E-state index in [9.17, 15) is 13.2 Å².